The minimum absolute atomic E-state index is 0.0419. The molecule has 5 rings (SSSR count). The Hall–Kier alpha value is -4.50. The molecule has 196 valence electrons. The lowest BCUT2D eigenvalue weighted by Crippen LogP contribution is -2.31. The smallest absolute Gasteiger partial charge is 0.338 e. The zero-order valence-electron chi connectivity index (χ0n) is 21.3. The van der Waals surface area contributed by atoms with Crippen LogP contribution in [0.25, 0.3) is 11.0 Å². The Balaban J connectivity index is 1.37. The lowest BCUT2D eigenvalue weighted by molar-refractivity contribution is 0.0526. The van der Waals surface area contributed by atoms with Crippen LogP contribution in [0, 0.1) is 0 Å². The number of hydrogen-bond acceptors (Lipinski definition) is 9. The van der Waals surface area contributed by atoms with E-state index in [9.17, 15) is 9.59 Å². The molecular formula is C29H27NO8. The lowest BCUT2D eigenvalue weighted by atomic mass is 10.1. The number of rotatable bonds is 8. The molecule has 0 atom stereocenters. The SMILES string of the molecule is CCOC(=O)c1ccc(Oc2coc3c4c(ccc3c2=O)OCN(Cc2ccc(OC)c(OC)c2)C4)cc1. The highest BCUT2D eigenvalue weighted by atomic mass is 16.5. The van der Waals surface area contributed by atoms with Gasteiger partial charge in [-0.2, -0.15) is 0 Å². The Labute approximate surface area is 219 Å². The topological polar surface area (TPSA) is 96.7 Å². The zero-order valence-corrected chi connectivity index (χ0v) is 21.3. The number of carbonyl (C=O) groups excluding carboxylic acids is 1. The minimum atomic E-state index is -0.420. The van der Waals surface area contributed by atoms with Gasteiger partial charge in [-0.1, -0.05) is 6.07 Å². The van der Waals surface area contributed by atoms with Crippen LogP contribution in [-0.2, 0) is 17.8 Å². The Morgan fingerprint density at radius 3 is 2.50 bits per heavy atom. The van der Waals surface area contributed by atoms with E-state index in [0.717, 1.165) is 11.1 Å². The van der Waals surface area contributed by atoms with Gasteiger partial charge in [-0.05, 0) is 61.0 Å². The molecule has 1 aliphatic rings. The van der Waals surface area contributed by atoms with Gasteiger partial charge >= 0.3 is 5.97 Å². The molecule has 2 heterocycles. The summed E-state index contributed by atoms with van der Waals surface area (Å²) in [4.78, 5) is 27.2. The summed E-state index contributed by atoms with van der Waals surface area (Å²) >= 11 is 0. The van der Waals surface area contributed by atoms with Gasteiger partial charge in [0.15, 0.2) is 11.5 Å². The molecule has 0 saturated heterocycles. The van der Waals surface area contributed by atoms with Crippen molar-refractivity contribution in [1.29, 1.82) is 0 Å². The van der Waals surface area contributed by atoms with Gasteiger partial charge in [-0.25, -0.2) is 4.79 Å². The second-order valence-electron chi connectivity index (χ2n) is 8.64. The molecule has 4 aromatic rings. The number of nitrogens with zero attached hydrogens (tertiary/aromatic N) is 1. The normalized spacial score (nSPS) is 12.9. The molecule has 0 unspecified atom stereocenters. The summed E-state index contributed by atoms with van der Waals surface area (Å²) in [7, 11) is 3.20. The van der Waals surface area contributed by atoms with E-state index < -0.39 is 5.97 Å². The molecule has 0 bridgehead atoms. The third-order valence-corrected chi connectivity index (χ3v) is 6.20. The van der Waals surface area contributed by atoms with E-state index >= 15 is 0 Å². The Bertz CT molecular complexity index is 1530. The molecule has 0 aliphatic carbocycles. The second-order valence-corrected chi connectivity index (χ2v) is 8.64. The highest BCUT2D eigenvalue weighted by Crippen LogP contribution is 2.34. The van der Waals surface area contributed by atoms with E-state index in [0.29, 0.717) is 59.4 Å². The van der Waals surface area contributed by atoms with E-state index in [1.54, 1.807) is 57.5 Å². The fraction of sp³-hybridized carbons (Fsp3) is 0.241. The first kappa shape index (κ1) is 25.2. The van der Waals surface area contributed by atoms with Crippen LogP contribution < -0.4 is 24.4 Å². The quantitative estimate of drug-likeness (QED) is 0.295. The maximum atomic E-state index is 13.2. The van der Waals surface area contributed by atoms with E-state index in [4.69, 9.17) is 28.1 Å². The predicted molar refractivity (Wildman–Crippen MR) is 139 cm³/mol. The van der Waals surface area contributed by atoms with Gasteiger partial charge in [0.1, 0.15) is 30.1 Å². The van der Waals surface area contributed by atoms with Crippen molar-refractivity contribution < 1.29 is 32.9 Å². The van der Waals surface area contributed by atoms with Crippen LogP contribution in [0.5, 0.6) is 28.7 Å². The molecule has 0 spiro atoms. The van der Waals surface area contributed by atoms with Crippen LogP contribution >= 0.6 is 0 Å². The Morgan fingerprint density at radius 2 is 1.76 bits per heavy atom. The largest absolute Gasteiger partial charge is 0.493 e. The monoisotopic (exact) mass is 517 g/mol. The second kappa shape index (κ2) is 10.9. The Morgan fingerprint density at radius 1 is 0.974 bits per heavy atom. The number of benzene rings is 3. The lowest BCUT2D eigenvalue weighted by Gasteiger charge is -2.29. The summed E-state index contributed by atoms with van der Waals surface area (Å²) in [6, 6.07) is 15.6. The van der Waals surface area contributed by atoms with Crippen molar-refractivity contribution in [3.8, 4) is 28.7 Å². The zero-order chi connectivity index (χ0) is 26.6. The molecule has 9 heteroatoms. The molecule has 0 fully saturated rings. The molecule has 0 radical (unpaired) electrons. The maximum absolute atomic E-state index is 13.2. The summed E-state index contributed by atoms with van der Waals surface area (Å²) < 4.78 is 33.4. The van der Waals surface area contributed by atoms with Crippen LogP contribution in [0.4, 0.5) is 0 Å². The third kappa shape index (κ3) is 5.01. The molecule has 9 nitrogen and oxygen atoms in total. The Kier molecular flexibility index (Phi) is 7.19. The average molecular weight is 518 g/mol. The van der Waals surface area contributed by atoms with Crippen LogP contribution in [0.1, 0.15) is 28.4 Å². The molecule has 0 N–H and O–H groups in total. The van der Waals surface area contributed by atoms with Gasteiger partial charge in [0.2, 0.25) is 11.2 Å². The van der Waals surface area contributed by atoms with Gasteiger partial charge in [0, 0.05) is 13.1 Å². The van der Waals surface area contributed by atoms with Gasteiger partial charge in [0.05, 0.1) is 37.3 Å². The highest BCUT2D eigenvalue weighted by Gasteiger charge is 2.23. The summed E-state index contributed by atoms with van der Waals surface area (Å²) in [5, 5.41) is 0.390. The molecule has 3 aromatic carbocycles. The summed E-state index contributed by atoms with van der Waals surface area (Å²) in [6.45, 7) is 3.55. The van der Waals surface area contributed by atoms with Crippen molar-refractivity contribution in [1.82, 2.24) is 4.90 Å². The third-order valence-electron chi connectivity index (χ3n) is 6.20. The summed E-state index contributed by atoms with van der Waals surface area (Å²) in [5.41, 5.74) is 2.36. The van der Waals surface area contributed by atoms with Crippen molar-refractivity contribution >= 4 is 16.9 Å². The van der Waals surface area contributed by atoms with E-state index in [1.807, 2.05) is 18.2 Å². The van der Waals surface area contributed by atoms with Crippen molar-refractivity contribution in [2.75, 3.05) is 27.6 Å². The van der Waals surface area contributed by atoms with Crippen LogP contribution in [0.15, 0.2) is 70.1 Å². The molecular weight excluding hydrogens is 490 g/mol. The van der Waals surface area contributed by atoms with Crippen molar-refractivity contribution in [3.63, 3.8) is 0 Å². The number of methoxy groups -OCH3 is 2. The summed E-state index contributed by atoms with van der Waals surface area (Å²) in [6.07, 6.45) is 1.30. The van der Waals surface area contributed by atoms with Crippen LogP contribution in [-0.4, -0.2) is 38.4 Å². The first-order valence-corrected chi connectivity index (χ1v) is 12.1. The van der Waals surface area contributed by atoms with Crippen molar-refractivity contribution in [2.24, 2.45) is 0 Å². The molecule has 1 aromatic heterocycles. The van der Waals surface area contributed by atoms with Gasteiger partial charge in [-0.15, -0.1) is 0 Å². The molecule has 1 aliphatic heterocycles. The van der Waals surface area contributed by atoms with Crippen LogP contribution in [0.3, 0.4) is 0 Å². The first-order valence-electron chi connectivity index (χ1n) is 12.1. The summed E-state index contributed by atoms with van der Waals surface area (Å²) in [5.74, 6) is 2.01. The molecule has 0 saturated carbocycles. The van der Waals surface area contributed by atoms with E-state index in [-0.39, 0.29) is 17.8 Å². The van der Waals surface area contributed by atoms with Crippen molar-refractivity contribution in [3.05, 3.63) is 87.8 Å². The molecule has 38 heavy (non-hydrogen) atoms. The average Bonchev–Trinajstić information content (AvgIpc) is 2.94. The number of carbonyl (C=O) groups is 1. The number of fused-ring (bicyclic) bond motifs is 3. The molecule has 0 amide bonds. The fourth-order valence-corrected chi connectivity index (χ4v) is 4.35. The predicted octanol–water partition coefficient (Wildman–Crippen LogP) is 5.13. The highest BCUT2D eigenvalue weighted by molar-refractivity contribution is 5.89. The number of esters is 1. The van der Waals surface area contributed by atoms with Crippen molar-refractivity contribution in [2.45, 2.75) is 20.0 Å². The standard InChI is InChI=1S/C29H27NO8/c1-4-35-29(32)19-6-8-20(9-7-19)38-26-16-36-28-21(27(26)31)10-12-23-22(28)15-30(17-37-23)14-18-5-11-24(33-2)25(13-18)34-3/h5-13,16H,4,14-15,17H2,1-3H3. The van der Waals surface area contributed by atoms with Gasteiger partial charge < -0.3 is 28.1 Å². The van der Waals surface area contributed by atoms with Crippen LogP contribution in [0.2, 0.25) is 0 Å². The van der Waals surface area contributed by atoms with E-state index in [1.165, 1.54) is 6.26 Å². The first-order chi connectivity index (χ1) is 18.5. The number of ether oxygens (including phenoxy) is 5. The van der Waals surface area contributed by atoms with E-state index in [2.05, 4.69) is 4.90 Å². The van der Waals surface area contributed by atoms with Gasteiger partial charge in [-0.3, -0.25) is 9.69 Å². The van der Waals surface area contributed by atoms with Gasteiger partial charge in [0.25, 0.3) is 0 Å². The fourth-order valence-electron chi connectivity index (χ4n) is 4.35. The minimum Gasteiger partial charge on any atom is -0.493 e. The number of hydrogen-bond donors (Lipinski definition) is 0. The maximum Gasteiger partial charge on any atom is 0.338 e.